The Morgan fingerprint density at radius 1 is 0.967 bits per heavy atom. The SMILES string of the molecule is CC1CCCCN1c1ccc(NC(=O)C(C)(C)Oc2ccc(C(C)(C)C)cc2)cc1. The molecule has 1 atom stereocenters. The van der Waals surface area contributed by atoms with Crippen molar-refractivity contribution in [3.8, 4) is 5.75 Å². The lowest BCUT2D eigenvalue weighted by atomic mass is 9.87. The van der Waals surface area contributed by atoms with E-state index >= 15 is 0 Å². The predicted octanol–water partition coefficient (Wildman–Crippen LogP) is 6.16. The van der Waals surface area contributed by atoms with E-state index in [1.54, 1.807) is 13.8 Å². The first kappa shape index (κ1) is 22.2. The monoisotopic (exact) mass is 408 g/mol. The van der Waals surface area contributed by atoms with Gasteiger partial charge in [-0.3, -0.25) is 4.79 Å². The number of benzene rings is 2. The molecule has 3 rings (SSSR count). The zero-order chi connectivity index (χ0) is 21.9. The average molecular weight is 409 g/mol. The fourth-order valence-electron chi connectivity index (χ4n) is 3.86. The number of carbonyl (C=O) groups excluding carboxylic acids is 1. The molecule has 2 aromatic carbocycles. The zero-order valence-electron chi connectivity index (χ0n) is 19.3. The van der Waals surface area contributed by atoms with Gasteiger partial charge >= 0.3 is 0 Å². The van der Waals surface area contributed by atoms with Crippen molar-refractivity contribution in [2.75, 3.05) is 16.8 Å². The number of piperidine rings is 1. The molecule has 1 N–H and O–H groups in total. The first-order valence-corrected chi connectivity index (χ1v) is 11.0. The van der Waals surface area contributed by atoms with Gasteiger partial charge in [-0.05, 0) is 87.4 Å². The summed E-state index contributed by atoms with van der Waals surface area (Å²) in [6.07, 6.45) is 3.78. The minimum Gasteiger partial charge on any atom is -0.478 e. The average Bonchev–Trinajstić information content (AvgIpc) is 2.68. The Balaban J connectivity index is 1.62. The molecule has 4 heteroatoms. The van der Waals surface area contributed by atoms with Gasteiger partial charge in [0, 0.05) is 24.0 Å². The van der Waals surface area contributed by atoms with Gasteiger partial charge in [0.25, 0.3) is 5.91 Å². The summed E-state index contributed by atoms with van der Waals surface area (Å²) in [5, 5.41) is 3.00. The fourth-order valence-corrected chi connectivity index (χ4v) is 3.86. The molecule has 30 heavy (non-hydrogen) atoms. The maximum Gasteiger partial charge on any atom is 0.267 e. The number of hydrogen-bond donors (Lipinski definition) is 1. The van der Waals surface area contributed by atoms with Gasteiger partial charge in [0.05, 0.1) is 0 Å². The van der Waals surface area contributed by atoms with E-state index in [1.807, 2.05) is 24.3 Å². The van der Waals surface area contributed by atoms with Crippen molar-refractivity contribution in [2.24, 2.45) is 0 Å². The molecule has 4 nitrogen and oxygen atoms in total. The highest BCUT2D eigenvalue weighted by molar-refractivity contribution is 5.97. The van der Waals surface area contributed by atoms with Gasteiger partial charge in [-0.1, -0.05) is 32.9 Å². The van der Waals surface area contributed by atoms with Crippen molar-refractivity contribution < 1.29 is 9.53 Å². The van der Waals surface area contributed by atoms with E-state index < -0.39 is 5.60 Å². The predicted molar refractivity (Wildman–Crippen MR) is 126 cm³/mol. The molecule has 1 aliphatic rings. The van der Waals surface area contributed by atoms with Crippen molar-refractivity contribution in [3.63, 3.8) is 0 Å². The number of rotatable bonds is 5. The highest BCUT2D eigenvalue weighted by atomic mass is 16.5. The highest BCUT2D eigenvalue weighted by Crippen LogP contribution is 2.28. The van der Waals surface area contributed by atoms with E-state index in [9.17, 15) is 4.79 Å². The van der Waals surface area contributed by atoms with Crippen LogP contribution in [0.3, 0.4) is 0 Å². The summed E-state index contributed by atoms with van der Waals surface area (Å²) >= 11 is 0. The molecule has 1 saturated heterocycles. The normalized spacial score (nSPS) is 17.5. The molecular formula is C26H36N2O2. The number of carbonyl (C=O) groups is 1. The molecule has 1 fully saturated rings. The lowest BCUT2D eigenvalue weighted by molar-refractivity contribution is -0.128. The molecule has 1 unspecified atom stereocenters. The first-order valence-electron chi connectivity index (χ1n) is 11.0. The van der Waals surface area contributed by atoms with Crippen LogP contribution in [0.25, 0.3) is 0 Å². The van der Waals surface area contributed by atoms with E-state index in [0.29, 0.717) is 11.8 Å². The van der Waals surface area contributed by atoms with Crippen LogP contribution in [0.1, 0.15) is 66.4 Å². The van der Waals surface area contributed by atoms with Crippen LogP contribution in [0.4, 0.5) is 11.4 Å². The van der Waals surface area contributed by atoms with Crippen LogP contribution in [0.15, 0.2) is 48.5 Å². The van der Waals surface area contributed by atoms with Gasteiger partial charge in [0.15, 0.2) is 5.60 Å². The largest absolute Gasteiger partial charge is 0.478 e. The van der Waals surface area contributed by atoms with Crippen LogP contribution < -0.4 is 15.0 Å². The summed E-state index contributed by atoms with van der Waals surface area (Å²) in [6.45, 7) is 13.5. The Morgan fingerprint density at radius 2 is 1.60 bits per heavy atom. The Kier molecular flexibility index (Phi) is 6.44. The molecule has 162 valence electrons. The summed E-state index contributed by atoms with van der Waals surface area (Å²) in [5.74, 6) is 0.527. The topological polar surface area (TPSA) is 41.6 Å². The summed E-state index contributed by atoms with van der Waals surface area (Å²) in [5.41, 5.74) is 2.34. The summed E-state index contributed by atoms with van der Waals surface area (Å²) in [6, 6.07) is 16.7. The molecule has 0 spiro atoms. The fraction of sp³-hybridized carbons (Fsp3) is 0.500. The molecule has 0 saturated carbocycles. The van der Waals surface area contributed by atoms with Gasteiger partial charge in [-0.25, -0.2) is 0 Å². The number of anilines is 2. The zero-order valence-corrected chi connectivity index (χ0v) is 19.3. The van der Waals surface area contributed by atoms with Gasteiger partial charge in [0.2, 0.25) is 0 Å². The van der Waals surface area contributed by atoms with E-state index in [4.69, 9.17) is 4.74 Å². The molecule has 1 aliphatic heterocycles. The summed E-state index contributed by atoms with van der Waals surface area (Å²) in [4.78, 5) is 15.3. The van der Waals surface area contributed by atoms with Crippen molar-refractivity contribution in [1.29, 1.82) is 0 Å². The molecule has 0 radical (unpaired) electrons. The standard InChI is InChI=1S/C26H36N2O2/c1-19-9-7-8-18-28(19)22-14-12-21(13-15-22)27-24(29)26(5,6)30-23-16-10-20(11-17-23)25(2,3)4/h10-17,19H,7-9,18H2,1-6H3,(H,27,29). The number of amides is 1. The lowest BCUT2D eigenvalue weighted by Crippen LogP contribution is -2.42. The Hall–Kier alpha value is -2.49. The maximum absolute atomic E-state index is 12.9. The highest BCUT2D eigenvalue weighted by Gasteiger charge is 2.30. The number of nitrogens with zero attached hydrogens (tertiary/aromatic N) is 1. The van der Waals surface area contributed by atoms with Crippen LogP contribution in [0.5, 0.6) is 5.75 Å². The second kappa shape index (κ2) is 8.71. The first-order chi connectivity index (χ1) is 14.1. The number of ether oxygens (including phenoxy) is 1. The second-order valence-corrected chi connectivity index (χ2v) is 9.93. The van der Waals surface area contributed by atoms with Crippen molar-refractivity contribution in [1.82, 2.24) is 0 Å². The molecule has 0 aliphatic carbocycles. The second-order valence-electron chi connectivity index (χ2n) is 9.93. The van der Waals surface area contributed by atoms with Crippen molar-refractivity contribution >= 4 is 17.3 Å². The van der Waals surface area contributed by atoms with Gasteiger partial charge < -0.3 is 15.0 Å². The van der Waals surface area contributed by atoms with Gasteiger partial charge in [-0.15, -0.1) is 0 Å². The Bertz CT molecular complexity index is 848. The van der Waals surface area contributed by atoms with Crippen molar-refractivity contribution in [2.45, 2.75) is 77.9 Å². The molecule has 0 aromatic heterocycles. The number of nitrogens with one attached hydrogen (secondary N) is 1. The molecule has 0 bridgehead atoms. The van der Waals surface area contributed by atoms with Crippen LogP contribution in [-0.4, -0.2) is 24.1 Å². The third-order valence-electron chi connectivity index (χ3n) is 5.90. The molecule has 1 heterocycles. The summed E-state index contributed by atoms with van der Waals surface area (Å²) in [7, 11) is 0. The summed E-state index contributed by atoms with van der Waals surface area (Å²) < 4.78 is 6.02. The minimum absolute atomic E-state index is 0.0869. The van der Waals surface area contributed by atoms with Gasteiger partial charge in [0.1, 0.15) is 5.75 Å². The minimum atomic E-state index is -0.983. The number of hydrogen-bond acceptors (Lipinski definition) is 3. The van der Waals surface area contributed by atoms with E-state index in [-0.39, 0.29) is 11.3 Å². The molecule has 1 amide bonds. The van der Waals surface area contributed by atoms with E-state index in [1.165, 1.54) is 30.5 Å². The van der Waals surface area contributed by atoms with E-state index in [0.717, 1.165) is 12.2 Å². The lowest BCUT2D eigenvalue weighted by Gasteiger charge is -2.35. The quantitative estimate of drug-likeness (QED) is 0.644. The molecular weight excluding hydrogens is 372 g/mol. The molecule has 2 aromatic rings. The Labute approximate surface area is 181 Å². The van der Waals surface area contributed by atoms with Crippen LogP contribution in [0.2, 0.25) is 0 Å². The van der Waals surface area contributed by atoms with Crippen LogP contribution >= 0.6 is 0 Å². The van der Waals surface area contributed by atoms with Crippen molar-refractivity contribution in [3.05, 3.63) is 54.1 Å². The van der Waals surface area contributed by atoms with E-state index in [2.05, 4.69) is 62.2 Å². The van der Waals surface area contributed by atoms with Crippen LogP contribution in [-0.2, 0) is 10.2 Å². The third-order valence-corrected chi connectivity index (χ3v) is 5.90. The Morgan fingerprint density at radius 3 is 2.17 bits per heavy atom. The van der Waals surface area contributed by atoms with Crippen LogP contribution in [0, 0.1) is 0 Å². The van der Waals surface area contributed by atoms with Gasteiger partial charge in [-0.2, -0.15) is 0 Å². The third kappa shape index (κ3) is 5.35. The maximum atomic E-state index is 12.9. The smallest absolute Gasteiger partial charge is 0.267 e.